The molecule has 0 bridgehead atoms. The molecule has 2 amide bonds. The molecule has 0 radical (unpaired) electrons. The monoisotopic (exact) mass is 283 g/mol. The molecule has 20 heavy (non-hydrogen) atoms. The molecule has 1 rings (SSSR count). The summed E-state index contributed by atoms with van der Waals surface area (Å²) in [7, 11) is 0. The number of carbonyl (C=O) groups excluding carboxylic acids is 2. The van der Waals surface area contributed by atoms with Gasteiger partial charge in [0.2, 0.25) is 11.8 Å². The maximum atomic E-state index is 11.8. The van der Waals surface area contributed by atoms with Crippen molar-refractivity contribution in [3.63, 3.8) is 0 Å². The second-order valence-electron chi connectivity index (χ2n) is 6.95. The van der Waals surface area contributed by atoms with Gasteiger partial charge in [-0.25, -0.2) is 0 Å². The minimum Gasteiger partial charge on any atom is -0.353 e. The highest BCUT2D eigenvalue weighted by Crippen LogP contribution is 2.13. The first-order chi connectivity index (χ1) is 9.17. The number of rotatable bonds is 4. The molecule has 0 aromatic heterocycles. The van der Waals surface area contributed by atoms with E-state index in [-0.39, 0.29) is 29.8 Å². The molecule has 0 aliphatic carbocycles. The molecular formula is C15H29N3O2. The summed E-state index contributed by atoms with van der Waals surface area (Å²) < 4.78 is 0. The number of hydrogen-bond donors (Lipinski definition) is 2. The first-order valence-corrected chi connectivity index (χ1v) is 7.52. The summed E-state index contributed by atoms with van der Waals surface area (Å²) in [6, 6.07) is 0.768. The average molecular weight is 283 g/mol. The number of likely N-dealkylation sites (tertiary alicyclic amines) is 1. The first kappa shape index (κ1) is 17.0. The maximum absolute atomic E-state index is 11.8. The Bertz CT molecular complexity index is 340. The van der Waals surface area contributed by atoms with E-state index in [1.54, 1.807) is 0 Å². The fourth-order valence-electron chi connectivity index (χ4n) is 2.45. The second kappa shape index (κ2) is 7.07. The number of nitrogens with zero attached hydrogens (tertiary/aromatic N) is 1. The minimum atomic E-state index is -0.292. The zero-order chi connectivity index (χ0) is 15.3. The lowest BCUT2D eigenvalue weighted by Crippen LogP contribution is -2.48. The zero-order valence-corrected chi connectivity index (χ0v) is 13.5. The van der Waals surface area contributed by atoms with E-state index in [0.717, 1.165) is 25.9 Å². The Kier molecular flexibility index (Phi) is 5.99. The van der Waals surface area contributed by atoms with Crippen LogP contribution in [0.5, 0.6) is 0 Å². The highest BCUT2D eigenvalue weighted by Gasteiger charge is 2.23. The Morgan fingerprint density at radius 1 is 1.15 bits per heavy atom. The molecule has 0 saturated carbocycles. The summed E-state index contributed by atoms with van der Waals surface area (Å²) in [5, 5.41) is 5.77. The normalized spacial score (nSPS) is 18.1. The van der Waals surface area contributed by atoms with Crippen molar-refractivity contribution in [2.24, 2.45) is 0 Å². The third-order valence-electron chi connectivity index (χ3n) is 3.46. The van der Waals surface area contributed by atoms with E-state index in [2.05, 4.69) is 29.4 Å². The quantitative estimate of drug-likeness (QED) is 0.764. The van der Waals surface area contributed by atoms with Gasteiger partial charge in [-0.2, -0.15) is 0 Å². The lowest BCUT2D eigenvalue weighted by atomic mass is 10.0. The fraction of sp³-hybridized carbons (Fsp3) is 0.867. The largest absolute Gasteiger partial charge is 0.353 e. The predicted octanol–water partition coefficient (Wildman–Crippen LogP) is 1.28. The SMILES string of the molecule is CC(C)N1CCC(NC(=O)CC(=O)NC(C)(C)C)CC1. The Balaban J connectivity index is 2.28. The number of piperidine rings is 1. The van der Waals surface area contributed by atoms with Gasteiger partial charge in [0.15, 0.2) is 0 Å². The number of amides is 2. The van der Waals surface area contributed by atoms with Crippen LogP contribution in [0.2, 0.25) is 0 Å². The Morgan fingerprint density at radius 2 is 1.70 bits per heavy atom. The summed E-state index contributed by atoms with van der Waals surface area (Å²) in [6.45, 7) is 12.1. The van der Waals surface area contributed by atoms with Gasteiger partial charge < -0.3 is 15.5 Å². The van der Waals surface area contributed by atoms with Crippen LogP contribution < -0.4 is 10.6 Å². The lowest BCUT2D eigenvalue weighted by molar-refractivity contribution is -0.130. The van der Waals surface area contributed by atoms with Gasteiger partial charge in [0.25, 0.3) is 0 Å². The van der Waals surface area contributed by atoms with E-state index < -0.39 is 0 Å². The lowest BCUT2D eigenvalue weighted by Gasteiger charge is -2.34. The summed E-state index contributed by atoms with van der Waals surface area (Å²) in [5.74, 6) is -0.385. The molecule has 0 aromatic carbocycles. The molecule has 0 spiro atoms. The molecule has 5 nitrogen and oxygen atoms in total. The van der Waals surface area contributed by atoms with Crippen LogP contribution in [0, 0.1) is 0 Å². The highest BCUT2D eigenvalue weighted by atomic mass is 16.2. The smallest absolute Gasteiger partial charge is 0.229 e. The molecular weight excluding hydrogens is 254 g/mol. The maximum Gasteiger partial charge on any atom is 0.229 e. The summed E-state index contributed by atoms with van der Waals surface area (Å²) in [6.07, 6.45) is 1.84. The van der Waals surface area contributed by atoms with Crippen molar-refractivity contribution in [2.45, 2.75) is 71.5 Å². The van der Waals surface area contributed by atoms with Gasteiger partial charge >= 0.3 is 0 Å². The van der Waals surface area contributed by atoms with Gasteiger partial charge in [-0.15, -0.1) is 0 Å². The summed E-state index contributed by atoms with van der Waals surface area (Å²) in [4.78, 5) is 25.9. The molecule has 1 saturated heterocycles. The molecule has 1 aliphatic rings. The van der Waals surface area contributed by atoms with Crippen molar-refractivity contribution >= 4 is 11.8 Å². The van der Waals surface area contributed by atoms with Gasteiger partial charge in [-0.3, -0.25) is 9.59 Å². The van der Waals surface area contributed by atoms with Crippen LogP contribution in [0.1, 0.15) is 53.9 Å². The van der Waals surface area contributed by atoms with Gasteiger partial charge in [0.1, 0.15) is 6.42 Å². The summed E-state index contributed by atoms with van der Waals surface area (Å²) in [5.41, 5.74) is -0.292. The number of carbonyl (C=O) groups is 2. The summed E-state index contributed by atoms with van der Waals surface area (Å²) >= 11 is 0. The van der Waals surface area contributed by atoms with Crippen LogP contribution in [0.15, 0.2) is 0 Å². The van der Waals surface area contributed by atoms with Gasteiger partial charge in [0, 0.05) is 30.7 Å². The topological polar surface area (TPSA) is 61.4 Å². The van der Waals surface area contributed by atoms with E-state index in [9.17, 15) is 9.59 Å². The molecule has 1 fully saturated rings. The third-order valence-corrected chi connectivity index (χ3v) is 3.46. The van der Waals surface area contributed by atoms with Crippen LogP contribution >= 0.6 is 0 Å². The molecule has 0 unspecified atom stereocenters. The number of hydrogen-bond acceptors (Lipinski definition) is 3. The van der Waals surface area contributed by atoms with Crippen molar-refractivity contribution in [1.82, 2.24) is 15.5 Å². The Hall–Kier alpha value is -1.10. The van der Waals surface area contributed by atoms with Crippen molar-refractivity contribution in [3.8, 4) is 0 Å². The molecule has 2 N–H and O–H groups in total. The average Bonchev–Trinajstić information content (AvgIpc) is 2.26. The third kappa shape index (κ3) is 6.37. The predicted molar refractivity (Wildman–Crippen MR) is 80.4 cm³/mol. The minimum absolute atomic E-state index is 0.0817. The second-order valence-corrected chi connectivity index (χ2v) is 6.95. The molecule has 1 aliphatic heterocycles. The van der Waals surface area contributed by atoms with Gasteiger partial charge in [-0.05, 0) is 47.5 Å². The van der Waals surface area contributed by atoms with E-state index in [4.69, 9.17) is 0 Å². The molecule has 0 atom stereocenters. The van der Waals surface area contributed by atoms with E-state index in [1.807, 2.05) is 20.8 Å². The fourth-order valence-corrected chi connectivity index (χ4v) is 2.45. The van der Waals surface area contributed by atoms with Crippen LogP contribution in [0.4, 0.5) is 0 Å². The van der Waals surface area contributed by atoms with E-state index >= 15 is 0 Å². The van der Waals surface area contributed by atoms with Crippen LogP contribution in [-0.4, -0.2) is 47.4 Å². The first-order valence-electron chi connectivity index (χ1n) is 7.52. The van der Waals surface area contributed by atoms with Gasteiger partial charge in [0.05, 0.1) is 0 Å². The van der Waals surface area contributed by atoms with E-state index in [0.29, 0.717) is 6.04 Å². The molecule has 1 heterocycles. The van der Waals surface area contributed by atoms with E-state index in [1.165, 1.54) is 0 Å². The standard InChI is InChI=1S/C15H29N3O2/c1-11(2)18-8-6-12(7-9-18)16-13(19)10-14(20)17-15(3,4)5/h11-12H,6-10H2,1-5H3,(H,16,19)(H,17,20). The van der Waals surface area contributed by atoms with Crippen molar-refractivity contribution < 1.29 is 9.59 Å². The van der Waals surface area contributed by atoms with Crippen LogP contribution in [0.25, 0.3) is 0 Å². The van der Waals surface area contributed by atoms with Crippen molar-refractivity contribution in [2.75, 3.05) is 13.1 Å². The highest BCUT2D eigenvalue weighted by molar-refractivity contribution is 5.97. The van der Waals surface area contributed by atoms with Crippen LogP contribution in [-0.2, 0) is 9.59 Å². The number of nitrogens with one attached hydrogen (secondary N) is 2. The van der Waals surface area contributed by atoms with Crippen LogP contribution in [0.3, 0.4) is 0 Å². The molecule has 116 valence electrons. The molecule has 5 heteroatoms. The Morgan fingerprint density at radius 3 is 2.15 bits per heavy atom. The van der Waals surface area contributed by atoms with Gasteiger partial charge in [-0.1, -0.05) is 0 Å². The molecule has 0 aromatic rings. The van der Waals surface area contributed by atoms with Crippen molar-refractivity contribution in [1.29, 1.82) is 0 Å². The van der Waals surface area contributed by atoms with Crippen molar-refractivity contribution in [3.05, 3.63) is 0 Å². The Labute approximate surface area is 122 Å². The zero-order valence-electron chi connectivity index (χ0n) is 13.5.